The van der Waals surface area contributed by atoms with E-state index in [0.29, 0.717) is 41.1 Å². The molecule has 7 nitrogen and oxygen atoms in total. The van der Waals surface area contributed by atoms with Crippen molar-refractivity contribution in [3.8, 4) is 17.1 Å². The number of para-hydroxylation sites is 1. The molecule has 1 amide bonds. The summed E-state index contributed by atoms with van der Waals surface area (Å²) in [6.07, 6.45) is 1.05. The summed E-state index contributed by atoms with van der Waals surface area (Å²) in [4.78, 5) is 38.0. The van der Waals surface area contributed by atoms with E-state index in [-0.39, 0.29) is 23.4 Å². The number of carboxylic acids is 1. The first-order valence-electron chi connectivity index (χ1n) is 9.94. The molecule has 0 aliphatic carbocycles. The summed E-state index contributed by atoms with van der Waals surface area (Å²) in [6.45, 7) is 1.91. The first kappa shape index (κ1) is 22.4. The second kappa shape index (κ2) is 8.96. The molecule has 1 aliphatic heterocycles. The number of halogens is 2. The van der Waals surface area contributed by atoms with Crippen LogP contribution in [0, 0.1) is 6.92 Å². The van der Waals surface area contributed by atoms with Crippen LogP contribution in [0.15, 0.2) is 50.1 Å². The first-order valence-corrected chi connectivity index (χ1v) is 11.1. The van der Waals surface area contributed by atoms with Gasteiger partial charge in [0.05, 0.1) is 16.0 Å². The molecule has 1 N–H and O–H groups in total. The number of ether oxygens (including phenoxy) is 1. The van der Waals surface area contributed by atoms with E-state index < -0.39 is 17.9 Å². The largest absolute Gasteiger partial charge is 0.483 e. The molecule has 1 fully saturated rings. The van der Waals surface area contributed by atoms with Gasteiger partial charge in [-0.3, -0.25) is 9.59 Å². The topological polar surface area (TPSA) is 97.0 Å². The molecular formula is C23H19BrClNO6. The summed E-state index contributed by atoms with van der Waals surface area (Å²) in [6, 6.07) is 8.93. The zero-order valence-corrected chi connectivity index (χ0v) is 19.4. The molecule has 4 rings (SSSR count). The van der Waals surface area contributed by atoms with E-state index in [9.17, 15) is 19.5 Å². The van der Waals surface area contributed by atoms with Gasteiger partial charge >= 0.3 is 5.97 Å². The van der Waals surface area contributed by atoms with Crippen molar-refractivity contribution in [2.75, 3.05) is 13.2 Å². The van der Waals surface area contributed by atoms with Crippen LogP contribution in [0.3, 0.4) is 0 Å². The second-order valence-corrected chi connectivity index (χ2v) is 8.82. The van der Waals surface area contributed by atoms with Crippen LogP contribution < -0.4 is 10.2 Å². The van der Waals surface area contributed by atoms with Crippen LogP contribution in [0.25, 0.3) is 22.3 Å². The number of amides is 1. The quantitative estimate of drug-likeness (QED) is 0.526. The number of nitrogens with zero attached hydrogens (tertiary/aromatic N) is 1. The fourth-order valence-electron chi connectivity index (χ4n) is 3.80. The van der Waals surface area contributed by atoms with Crippen LogP contribution >= 0.6 is 27.5 Å². The van der Waals surface area contributed by atoms with E-state index in [1.54, 1.807) is 30.3 Å². The van der Waals surface area contributed by atoms with Gasteiger partial charge in [-0.2, -0.15) is 0 Å². The summed E-state index contributed by atoms with van der Waals surface area (Å²) in [5.74, 6) is -0.875. The molecule has 9 heteroatoms. The lowest BCUT2D eigenvalue weighted by Gasteiger charge is -2.22. The van der Waals surface area contributed by atoms with Crippen molar-refractivity contribution >= 4 is 50.4 Å². The van der Waals surface area contributed by atoms with Crippen LogP contribution in [0.4, 0.5) is 0 Å². The number of carbonyl (C=O) groups is 2. The zero-order valence-electron chi connectivity index (χ0n) is 17.1. The summed E-state index contributed by atoms with van der Waals surface area (Å²) >= 11 is 9.68. The third-order valence-electron chi connectivity index (χ3n) is 5.44. The van der Waals surface area contributed by atoms with Gasteiger partial charge in [-0.15, -0.1) is 0 Å². The van der Waals surface area contributed by atoms with Gasteiger partial charge in [-0.25, -0.2) is 4.79 Å². The molecular weight excluding hydrogens is 502 g/mol. The van der Waals surface area contributed by atoms with Gasteiger partial charge in [0.2, 0.25) is 0 Å². The lowest BCUT2D eigenvalue weighted by Crippen LogP contribution is -2.42. The summed E-state index contributed by atoms with van der Waals surface area (Å²) < 4.78 is 12.5. The van der Waals surface area contributed by atoms with Gasteiger partial charge in [-0.05, 0) is 49.6 Å². The molecule has 0 bridgehead atoms. The van der Waals surface area contributed by atoms with Gasteiger partial charge in [0.15, 0.2) is 17.6 Å². The maximum absolute atomic E-state index is 12.6. The SMILES string of the molecule is Cc1cc(-c2cc(=O)c3cccc(Cl)c3o2)c(OCC(=O)N2CCC[C@H]2C(=O)O)cc1Br. The third kappa shape index (κ3) is 4.25. The number of benzene rings is 2. The number of carbonyl (C=O) groups excluding carboxylic acids is 1. The third-order valence-corrected chi connectivity index (χ3v) is 6.59. The Morgan fingerprint density at radius 3 is 2.84 bits per heavy atom. The van der Waals surface area contributed by atoms with Crippen molar-refractivity contribution in [1.82, 2.24) is 4.90 Å². The van der Waals surface area contributed by atoms with Gasteiger partial charge < -0.3 is 19.2 Å². The molecule has 0 radical (unpaired) electrons. The highest BCUT2D eigenvalue weighted by Gasteiger charge is 2.34. The lowest BCUT2D eigenvalue weighted by molar-refractivity contribution is -0.148. The average molecular weight is 521 g/mol. The molecule has 1 aliphatic rings. The summed E-state index contributed by atoms with van der Waals surface area (Å²) in [7, 11) is 0. The van der Waals surface area contributed by atoms with Crippen molar-refractivity contribution in [2.45, 2.75) is 25.8 Å². The molecule has 32 heavy (non-hydrogen) atoms. The van der Waals surface area contributed by atoms with Crippen LogP contribution in [-0.4, -0.2) is 41.1 Å². The van der Waals surface area contributed by atoms with E-state index in [1.165, 1.54) is 11.0 Å². The zero-order chi connectivity index (χ0) is 23.0. The van der Waals surface area contributed by atoms with Crippen molar-refractivity contribution < 1.29 is 23.8 Å². The summed E-state index contributed by atoms with van der Waals surface area (Å²) in [5.41, 5.74) is 1.35. The van der Waals surface area contributed by atoms with Crippen LogP contribution in [0.2, 0.25) is 5.02 Å². The molecule has 166 valence electrons. The minimum absolute atomic E-state index is 0.248. The highest BCUT2D eigenvalue weighted by atomic mass is 79.9. The second-order valence-electron chi connectivity index (χ2n) is 7.56. The van der Waals surface area contributed by atoms with Gasteiger partial charge in [-0.1, -0.05) is 33.6 Å². The molecule has 2 heterocycles. The van der Waals surface area contributed by atoms with Crippen molar-refractivity contribution in [3.63, 3.8) is 0 Å². The Morgan fingerprint density at radius 1 is 1.31 bits per heavy atom. The Morgan fingerprint density at radius 2 is 2.09 bits per heavy atom. The Bertz CT molecular complexity index is 1290. The first-order chi connectivity index (χ1) is 15.3. The Kier molecular flexibility index (Phi) is 6.26. The van der Waals surface area contributed by atoms with Gasteiger partial charge in [0.1, 0.15) is 17.6 Å². The number of hydrogen-bond acceptors (Lipinski definition) is 5. The fourth-order valence-corrected chi connectivity index (χ4v) is 4.33. The van der Waals surface area contributed by atoms with Gasteiger partial charge in [0.25, 0.3) is 5.91 Å². The monoisotopic (exact) mass is 519 g/mol. The number of carboxylic acid groups (broad SMARTS) is 1. The number of aryl methyl sites for hydroxylation is 1. The Balaban J connectivity index is 1.69. The Hall–Kier alpha value is -2.84. The number of likely N-dealkylation sites (tertiary alicyclic amines) is 1. The predicted molar refractivity (Wildman–Crippen MR) is 123 cm³/mol. The molecule has 3 aromatic rings. The molecule has 1 atom stereocenters. The number of rotatable bonds is 5. The van der Waals surface area contributed by atoms with E-state index in [2.05, 4.69) is 15.9 Å². The summed E-state index contributed by atoms with van der Waals surface area (Å²) in [5, 5.41) is 9.99. The van der Waals surface area contributed by atoms with E-state index in [0.717, 1.165) is 10.0 Å². The average Bonchev–Trinajstić information content (AvgIpc) is 3.25. The van der Waals surface area contributed by atoms with Crippen LogP contribution in [-0.2, 0) is 9.59 Å². The van der Waals surface area contributed by atoms with Crippen LogP contribution in [0.1, 0.15) is 18.4 Å². The minimum atomic E-state index is -1.02. The minimum Gasteiger partial charge on any atom is -0.483 e. The molecule has 0 saturated carbocycles. The van der Waals surface area contributed by atoms with E-state index in [1.807, 2.05) is 6.92 Å². The lowest BCUT2D eigenvalue weighted by atomic mass is 10.1. The van der Waals surface area contributed by atoms with E-state index in [4.69, 9.17) is 20.8 Å². The standard InChI is InChI=1S/C23H19BrClNO6/c1-12-8-14(20-10-18(27)13-4-2-5-16(25)22(13)32-20)19(9-15(12)24)31-11-21(28)26-7-3-6-17(26)23(29)30/h2,4-5,8-10,17H,3,6-7,11H2,1H3,(H,29,30)/t17-/m0/s1. The van der Waals surface area contributed by atoms with E-state index >= 15 is 0 Å². The number of hydrogen-bond donors (Lipinski definition) is 1. The smallest absolute Gasteiger partial charge is 0.326 e. The maximum Gasteiger partial charge on any atom is 0.326 e. The molecule has 2 aromatic carbocycles. The van der Waals surface area contributed by atoms with Crippen molar-refractivity contribution in [2.24, 2.45) is 0 Å². The number of aliphatic carboxylic acids is 1. The normalized spacial score (nSPS) is 15.8. The van der Waals surface area contributed by atoms with Crippen molar-refractivity contribution in [1.29, 1.82) is 0 Å². The highest BCUT2D eigenvalue weighted by molar-refractivity contribution is 9.10. The number of fused-ring (bicyclic) bond motifs is 1. The van der Waals surface area contributed by atoms with Gasteiger partial charge in [0, 0.05) is 17.1 Å². The van der Waals surface area contributed by atoms with Crippen LogP contribution in [0.5, 0.6) is 5.75 Å². The fraction of sp³-hybridized carbons (Fsp3) is 0.261. The Labute approximate surface area is 196 Å². The van der Waals surface area contributed by atoms with Crippen molar-refractivity contribution in [3.05, 3.63) is 61.7 Å². The molecule has 0 unspecified atom stereocenters. The molecule has 1 aromatic heterocycles. The molecule has 0 spiro atoms. The molecule has 1 saturated heterocycles. The maximum atomic E-state index is 12.6. The highest BCUT2D eigenvalue weighted by Crippen LogP contribution is 2.36. The predicted octanol–water partition coefficient (Wildman–Crippen LogP) is 4.64.